The molecule has 0 aliphatic carbocycles. The summed E-state index contributed by atoms with van der Waals surface area (Å²) in [4.78, 5) is 12.9. The average molecular weight is 605 g/mol. The molecule has 1 N–H and O–H groups in total. The lowest BCUT2D eigenvalue weighted by Crippen LogP contribution is -2.40. The van der Waals surface area contributed by atoms with Crippen LogP contribution in [0.4, 0.5) is 0 Å². The normalized spacial score (nSPS) is 12.2. The van der Waals surface area contributed by atoms with Gasteiger partial charge >= 0.3 is 0 Å². The standard InChI is InChI=1S/C24H24Cl3N3O5S2/c1-29(2)36(32,33)20-8-3-17(4-9-20)14-28-24(31)16-30(15-18-5-12-22(26)23(27)13-18)37(34,35)21-10-6-19(25)7-11-21/h3-13H,14-16H2,1-2H3,(H,28,31). The molecule has 0 saturated carbocycles. The molecule has 0 aliphatic rings. The number of benzene rings is 3. The van der Waals surface area contributed by atoms with Gasteiger partial charge < -0.3 is 5.32 Å². The van der Waals surface area contributed by atoms with Crippen LogP contribution in [0.3, 0.4) is 0 Å². The van der Waals surface area contributed by atoms with E-state index in [0.717, 1.165) is 8.61 Å². The van der Waals surface area contributed by atoms with Crippen molar-refractivity contribution in [2.24, 2.45) is 0 Å². The zero-order valence-electron chi connectivity index (χ0n) is 19.9. The molecule has 0 aromatic heterocycles. The van der Waals surface area contributed by atoms with Crippen LogP contribution in [-0.4, -0.2) is 52.0 Å². The van der Waals surface area contributed by atoms with Crippen molar-refractivity contribution in [3.63, 3.8) is 0 Å². The van der Waals surface area contributed by atoms with Crippen molar-refractivity contribution in [2.75, 3.05) is 20.6 Å². The molecule has 0 saturated heterocycles. The highest BCUT2D eigenvalue weighted by atomic mass is 35.5. The van der Waals surface area contributed by atoms with Crippen LogP contribution in [0.2, 0.25) is 15.1 Å². The summed E-state index contributed by atoms with van der Waals surface area (Å²) in [5, 5.41) is 3.62. The number of carbonyl (C=O) groups excluding carboxylic acids is 1. The second kappa shape index (κ2) is 12.1. The molecule has 3 aromatic carbocycles. The van der Waals surface area contributed by atoms with Crippen LogP contribution in [0.15, 0.2) is 76.5 Å². The van der Waals surface area contributed by atoms with Gasteiger partial charge in [-0.2, -0.15) is 4.31 Å². The van der Waals surface area contributed by atoms with E-state index >= 15 is 0 Å². The van der Waals surface area contributed by atoms with Crippen LogP contribution < -0.4 is 5.32 Å². The van der Waals surface area contributed by atoms with Crippen LogP contribution in [-0.2, 0) is 37.9 Å². The van der Waals surface area contributed by atoms with E-state index in [2.05, 4.69) is 5.32 Å². The van der Waals surface area contributed by atoms with E-state index in [0.29, 0.717) is 21.2 Å². The van der Waals surface area contributed by atoms with Crippen molar-refractivity contribution in [3.8, 4) is 0 Å². The van der Waals surface area contributed by atoms with Gasteiger partial charge in [-0.05, 0) is 59.7 Å². The molecule has 1 amide bonds. The number of nitrogens with one attached hydrogen (secondary N) is 1. The average Bonchev–Trinajstić information content (AvgIpc) is 2.85. The van der Waals surface area contributed by atoms with E-state index in [9.17, 15) is 21.6 Å². The molecule has 0 atom stereocenters. The van der Waals surface area contributed by atoms with Crippen LogP contribution in [0.25, 0.3) is 0 Å². The predicted molar refractivity (Wildman–Crippen MR) is 145 cm³/mol. The number of rotatable bonds is 10. The molecule has 0 unspecified atom stereocenters. The van der Waals surface area contributed by atoms with E-state index < -0.39 is 32.5 Å². The van der Waals surface area contributed by atoms with Gasteiger partial charge in [-0.3, -0.25) is 4.79 Å². The van der Waals surface area contributed by atoms with Gasteiger partial charge in [-0.1, -0.05) is 53.0 Å². The van der Waals surface area contributed by atoms with Crippen molar-refractivity contribution < 1.29 is 21.6 Å². The van der Waals surface area contributed by atoms with E-state index in [1.807, 2.05) is 0 Å². The summed E-state index contributed by atoms with van der Waals surface area (Å²) in [6.07, 6.45) is 0. The first-order valence-electron chi connectivity index (χ1n) is 10.8. The van der Waals surface area contributed by atoms with Gasteiger partial charge in [-0.15, -0.1) is 0 Å². The summed E-state index contributed by atoms with van der Waals surface area (Å²) in [6.45, 7) is -0.534. The van der Waals surface area contributed by atoms with Gasteiger partial charge in [0.1, 0.15) is 0 Å². The fraction of sp³-hybridized carbons (Fsp3) is 0.208. The first kappa shape index (κ1) is 29.4. The highest BCUT2D eigenvalue weighted by Crippen LogP contribution is 2.25. The Balaban J connectivity index is 1.78. The number of halogens is 3. The zero-order chi connectivity index (χ0) is 27.4. The zero-order valence-corrected chi connectivity index (χ0v) is 23.8. The molecule has 198 valence electrons. The Labute approximate surface area is 231 Å². The molecule has 3 aromatic rings. The molecule has 0 heterocycles. The molecule has 13 heteroatoms. The molecular formula is C24H24Cl3N3O5S2. The van der Waals surface area contributed by atoms with Crippen molar-refractivity contribution >= 4 is 60.8 Å². The van der Waals surface area contributed by atoms with Crippen molar-refractivity contribution in [2.45, 2.75) is 22.9 Å². The smallest absolute Gasteiger partial charge is 0.243 e. The summed E-state index contributed by atoms with van der Waals surface area (Å²) < 4.78 is 53.3. The molecule has 37 heavy (non-hydrogen) atoms. The molecule has 0 aliphatic heterocycles. The topological polar surface area (TPSA) is 104 Å². The lowest BCUT2D eigenvalue weighted by atomic mass is 10.2. The highest BCUT2D eigenvalue weighted by Gasteiger charge is 2.27. The summed E-state index contributed by atoms with van der Waals surface area (Å²) in [5.41, 5.74) is 1.18. The molecule has 3 rings (SSSR count). The summed E-state index contributed by atoms with van der Waals surface area (Å²) >= 11 is 18.0. The van der Waals surface area contributed by atoms with Crippen molar-refractivity contribution in [1.82, 2.24) is 13.9 Å². The van der Waals surface area contributed by atoms with E-state index in [-0.39, 0.29) is 27.9 Å². The molecule has 0 spiro atoms. The fourth-order valence-corrected chi connectivity index (χ4v) is 5.96. The van der Waals surface area contributed by atoms with Gasteiger partial charge in [0.05, 0.1) is 26.4 Å². The van der Waals surface area contributed by atoms with Crippen LogP contribution in [0.5, 0.6) is 0 Å². The largest absolute Gasteiger partial charge is 0.351 e. The monoisotopic (exact) mass is 603 g/mol. The third-order valence-electron chi connectivity index (χ3n) is 5.31. The predicted octanol–water partition coefficient (Wildman–Crippen LogP) is 4.40. The van der Waals surface area contributed by atoms with Gasteiger partial charge in [0.2, 0.25) is 26.0 Å². The maximum atomic E-state index is 13.4. The third-order valence-corrected chi connectivity index (χ3v) is 9.93. The molecule has 0 fully saturated rings. The Morgan fingerprint density at radius 1 is 0.757 bits per heavy atom. The number of nitrogens with zero attached hydrogens (tertiary/aromatic N) is 2. The summed E-state index contributed by atoms with van der Waals surface area (Å²) in [5.74, 6) is -0.553. The minimum absolute atomic E-state index is 0.0255. The lowest BCUT2D eigenvalue weighted by molar-refractivity contribution is -0.121. The molecule has 8 nitrogen and oxygen atoms in total. The second-order valence-electron chi connectivity index (χ2n) is 8.18. The van der Waals surface area contributed by atoms with Crippen molar-refractivity contribution in [3.05, 3.63) is 92.9 Å². The van der Waals surface area contributed by atoms with Gasteiger partial charge in [0.25, 0.3) is 0 Å². The second-order valence-corrected chi connectivity index (χ2v) is 13.5. The van der Waals surface area contributed by atoms with Gasteiger partial charge in [-0.25, -0.2) is 21.1 Å². The van der Waals surface area contributed by atoms with E-state index in [1.54, 1.807) is 24.3 Å². The third kappa shape index (κ3) is 7.44. The number of sulfonamides is 2. The molecule has 0 bridgehead atoms. The van der Waals surface area contributed by atoms with Crippen LogP contribution in [0.1, 0.15) is 11.1 Å². The number of hydrogen-bond donors (Lipinski definition) is 1. The summed E-state index contributed by atoms with van der Waals surface area (Å²) in [6, 6.07) is 16.4. The van der Waals surface area contributed by atoms with Crippen LogP contribution in [0, 0.1) is 0 Å². The molecule has 0 radical (unpaired) electrons. The summed E-state index contributed by atoms with van der Waals surface area (Å²) in [7, 11) is -4.78. The maximum absolute atomic E-state index is 13.4. The van der Waals surface area contributed by atoms with Crippen LogP contribution >= 0.6 is 34.8 Å². The van der Waals surface area contributed by atoms with E-state index in [1.165, 1.54) is 56.6 Å². The minimum Gasteiger partial charge on any atom is -0.351 e. The highest BCUT2D eigenvalue weighted by molar-refractivity contribution is 7.89. The Hall–Kier alpha value is -2.18. The Morgan fingerprint density at radius 3 is 1.86 bits per heavy atom. The Kier molecular flexibility index (Phi) is 9.62. The van der Waals surface area contributed by atoms with E-state index in [4.69, 9.17) is 34.8 Å². The van der Waals surface area contributed by atoms with Crippen molar-refractivity contribution in [1.29, 1.82) is 0 Å². The SMILES string of the molecule is CN(C)S(=O)(=O)c1ccc(CNC(=O)CN(Cc2ccc(Cl)c(Cl)c2)S(=O)(=O)c2ccc(Cl)cc2)cc1. The molecular weight excluding hydrogens is 581 g/mol. The first-order chi connectivity index (χ1) is 17.3. The number of hydrogen-bond acceptors (Lipinski definition) is 5. The number of carbonyl (C=O) groups is 1. The first-order valence-corrected chi connectivity index (χ1v) is 14.8. The lowest BCUT2D eigenvalue weighted by Gasteiger charge is -2.22. The Bertz CT molecular complexity index is 1480. The van der Waals surface area contributed by atoms with Gasteiger partial charge in [0.15, 0.2) is 0 Å². The number of amides is 1. The van der Waals surface area contributed by atoms with Gasteiger partial charge in [0, 0.05) is 32.2 Å². The quantitative estimate of drug-likeness (QED) is 0.369. The maximum Gasteiger partial charge on any atom is 0.243 e. The Morgan fingerprint density at radius 2 is 1.30 bits per heavy atom. The fourth-order valence-electron chi connectivity index (χ4n) is 3.23. The minimum atomic E-state index is -4.08.